The van der Waals surface area contributed by atoms with Crippen LogP contribution in [0.25, 0.3) is 0 Å². The maximum Gasteiger partial charge on any atom is 0.228 e. The van der Waals surface area contributed by atoms with Crippen LogP contribution in [-0.4, -0.2) is 25.0 Å². The number of fused-ring (bicyclic) bond motifs is 1. The molecule has 0 saturated heterocycles. The van der Waals surface area contributed by atoms with E-state index in [-0.39, 0.29) is 23.7 Å². The summed E-state index contributed by atoms with van der Waals surface area (Å²) in [4.78, 5) is 24.8. The molecular formula is C21H22N2O4. The van der Waals surface area contributed by atoms with Gasteiger partial charge < -0.3 is 20.1 Å². The normalized spacial score (nSPS) is 19.9. The highest BCUT2D eigenvalue weighted by atomic mass is 16.6. The lowest BCUT2D eigenvalue weighted by Crippen LogP contribution is -2.21. The van der Waals surface area contributed by atoms with Gasteiger partial charge in [-0.05, 0) is 42.7 Å². The van der Waals surface area contributed by atoms with Gasteiger partial charge in [0.25, 0.3) is 0 Å². The lowest BCUT2D eigenvalue weighted by molar-refractivity contribution is -0.122. The summed E-state index contributed by atoms with van der Waals surface area (Å²) in [5, 5.41) is 5.75. The monoisotopic (exact) mass is 366 g/mol. The Hall–Kier alpha value is -3.02. The molecule has 6 heteroatoms. The van der Waals surface area contributed by atoms with Crippen LogP contribution in [0.2, 0.25) is 0 Å². The third kappa shape index (κ3) is 3.89. The summed E-state index contributed by atoms with van der Waals surface area (Å²) in [5.74, 6) is 0.465. The number of rotatable bonds is 5. The largest absolute Gasteiger partial charge is 0.486 e. The van der Waals surface area contributed by atoms with Crippen LogP contribution in [0, 0.1) is 11.8 Å². The number of nitrogens with one attached hydrogen (secondary N) is 2. The van der Waals surface area contributed by atoms with E-state index in [1.54, 1.807) is 18.2 Å². The highest BCUT2D eigenvalue weighted by molar-refractivity contribution is 6.03. The standard InChI is InChI=1S/C21H22N2O4/c1-2-13-3-5-14(6-4-13)22-20(24)16-12-17(16)21(25)23-15-7-8-18-19(11-15)27-10-9-26-18/h3-8,11,16-17H,2,9-10,12H2,1H3,(H,22,24)(H,23,25). The lowest BCUT2D eigenvalue weighted by atomic mass is 10.1. The molecule has 2 aromatic rings. The molecular weight excluding hydrogens is 344 g/mol. The first-order valence-corrected chi connectivity index (χ1v) is 9.24. The van der Waals surface area contributed by atoms with Crippen molar-refractivity contribution in [1.29, 1.82) is 0 Å². The molecule has 140 valence electrons. The Morgan fingerprint density at radius 3 is 2.15 bits per heavy atom. The third-order valence-corrected chi connectivity index (χ3v) is 4.90. The molecule has 2 aliphatic rings. The summed E-state index contributed by atoms with van der Waals surface area (Å²) in [5.41, 5.74) is 2.62. The zero-order chi connectivity index (χ0) is 18.8. The highest BCUT2D eigenvalue weighted by Gasteiger charge is 2.48. The predicted octanol–water partition coefficient (Wildman–Crippen LogP) is 3.23. The van der Waals surface area contributed by atoms with Gasteiger partial charge in [-0.1, -0.05) is 19.1 Å². The molecule has 2 atom stereocenters. The van der Waals surface area contributed by atoms with Gasteiger partial charge in [-0.2, -0.15) is 0 Å². The molecule has 2 amide bonds. The van der Waals surface area contributed by atoms with Crippen LogP contribution in [-0.2, 0) is 16.0 Å². The van der Waals surface area contributed by atoms with Gasteiger partial charge in [0.15, 0.2) is 11.5 Å². The molecule has 2 aromatic carbocycles. The Balaban J connectivity index is 1.32. The van der Waals surface area contributed by atoms with Gasteiger partial charge in [-0.3, -0.25) is 9.59 Å². The molecule has 1 fully saturated rings. The van der Waals surface area contributed by atoms with Crippen molar-refractivity contribution in [3.05, 3.63) is 48.0 Å². The Morgan fingerprint density at radius 1 is 0.889 bits per heavy atom. The molecule has 27 heavy (non-hydrogen) atoms. The minimum Gasteiger partial charge on any atom is -0.486 e. The van der Waals surface area contributed by atoms with Crippen molar-refractivity contribution >= 4 is 23.2 Å². The number of hydrogen-bond acceptors (Lipinski definition) is 4. The van der Waals surface area contributed by atoms with Gasteiger partial charge in [0.1, 0.15) is 13.2 Å². The quantitative estimate of drug-likeness (QED) is 0.852. The number of carbonyl (C=O) groups is 2. The van der Waals surface area contributed by atoms with Crippen LogP contribution >= 0.6 is 0 Å². The summed E-state index contributed by atoms with van der Waals surface area (Å²) in [7, 11) is 0. The maximum atomic E-state index is 12.4. The first-order chi connectivity index (χ1) is 13.1. The highest BCUT2D eigenvalue weighted by Crippen LogP contribution is 2.41. The first-order valence-electron chi connectivity index (χ1n) is 9.24. The smallest absolute Gasteiger partial charge is 0.228 e. The Bertz CT molecular complexity index is 863. The van der Waals surface area contributed by atoms with E-state index in [4.69, 9.17) is 9.47 Å². The Morgan fingerprint density at radius 2 is 1.48 bits per heavy atom. The second-order valence-electron chi connectivity index (χ2n) is 6.84. The molecule has 0 aromatic heterocycles. The fraction of sp³-hybridized carbons (Fsp3) is 0.333. The summed E-state index contributed by atoms with van der Waals surface area (Å²) in [6.07, 6.45) is 1.52. The van der Waals surface area contributed by atoms with E-state index in [9.17, 15) is 9.59 Å². The summed E-state index contributed by atoms with van der Waals surface area (Å²) in [6, 6.07) is 13.1. The van der Waals surface area contributed by atoms with E-state index in [1.165, 1.54) is 5.56 Å². The van der Waals surface area contributed by atoms with Gasteiger partial charge >= 0.3 is 0 Å². The SMILES string of the molecule is CCc1ccc(NC(=O)C2CC2C(=O)Nc2ccc3c(c2)OCCO3)cc1. The molecule has 0 radical (unpaired) electrons. The van der Waals surface area contributed by atoms with Crippen molar-refractivity contribution < 1.29 is 19.1 Å². The van der Waals surface area contributed by atoms with E-state index in [2.05, 4.69) is 17.6 Å². The number of hydrogen-bond donors (Lipinski definition) is 2. The van der Waals surface area contributed by atoms with E-state index < -0.39 is 0 Å². The second kappa shape index (κ2) is 7.31. The van der Waals surface area contributed by atoms with Crippen LogP contribution in [0.3, 0.4) is 0 Å². The molecule has 1 saturated carbocycles. The zero-order valence-electron chi connectivity index (χ0n) is 15.2. The van der Waals surface area contributed by atoms with Gasteiger partial charge in [0.2, 0.25) is 11.8 Å². The Kier molecular flexibility index (Phi) is 4.71. The molecule has 2 N–H and O–H groups in total. The number of benzene rings is 2. The molecule has 2 unspecified atom stereocenters. The van der Waals surface area contributed by atoms with Crippen LogP contribution in [0.15, 0.2) is 42.5 Å². The molecule has 4 rings (SSSR count). The van der Waals surface area contributed by atoms with Crippen molar-refractivity contribution in [3.8, 4) is 11.5 Å². The van der Waals surface area contributed by atoms with Crippen LogP contribution in [0.1, 0.15) is 18.9 Å². The predicted molar refractivity (Wildman–Crippen MR) is 102 cm³/mol. The number of carbonyl (C=O) groups excluding carboxylic acids is 2. The average Bonchev–Trinajstić information content (AvgIpc) is 3.50. The molecule has 1 aliphatic carbocycles. The summed E-state index contributed by atoms with van der Waals surface area (Å²) in [6.45, 7) is 3.11. The lowest BCUT2D eigenvalue weighted by Gasteiger charge is -2.19. The van der Waals surface area contributed by atoms with Gasteiger partial charge in [0.05, 0.1) is 11.8 Å². The topological polar surface area (TPSA) is 76.7 Å². The fourth-order valence-electron chi connectivity index (χ4n) is 3.19. The van der Waals surface area contributed by atoms with Crippen LogP contribution in [0.5, 0.6) is 11.5 Å². The van der Waals surface area contributed by atoms with Gasteiger partial charge in [0, 0.05) is 17.4 Å². The third-order valence-electron chi connectivity index (χ3n) is 4.90. The van der Waals surface area contributed by atoms with Crippen molar-refractivity contribution in [3.63, 3.8) is 0 Å². The summed E-state index contributed by atoms with van der Waals surface area (Å²) >= 11 is 0. The minimum absolute atomic E-state index is 0.110. The van der Waals surface area contributed by atoms with E-state index >= 15 is 0 Å². The fourth-order valence-corrected chi connectivity index (χ4v) is 3.19. The van der Waals surface area contributed by atoms with Crippen molar-refractivity contribution in [2.24, 2.45) is 11.8 Å². The van der Waals surface area contributed by atoms with Crippen molar-refractivity contribution in [1.82, 2.24) is 0 Å². The number of anilines is 2. The van der Waals surface area contributed by atoms with Crippen LogP contribution in [0.4, 0.5) is 11.4 Å². The maximum absolute atomic E-state index is 12.4. The van der Waals surface area contributed by atoms with Crippen LogP contribution < -0.4 is 20.1 Å². The molecule has 0 bridgehead atoms. The van der Waals surface area contributed by atoms with E-state index in [0.29, 0.717) is 36.8 Å². The molecule has 1 heterocycles. The number of ether oxygens (including phenoxy) is 2. The van der Waals surface area contributed by atoms with Crippen molar-refractivity contribution in [2.75, 3.05) is 23.8 Å². The summed E-state index contributed by atoms with van der Waals surface area (Å²) < 4.78 is 11.0. The molecule has 1 aliphatic heterocycles. The number of amides is 2. The van der Waals surface area contributed by atoms with Gasteiger partial charge in [-0.15, -0.1) is 0 Å². The van der Waals surface area contributed by atoms with Gasteiger partial charge in [-0.25, -0.2) is 0 Å². The van der Waals surface area contributed by atoms with E-state index in [0.717, 1.165) is 12.1 Å². The number of aryl methyl sites for hydroxylation is 1. The Labute approximate surface area is 157 Å². The second-order valence-corrected chi connectivity index (χ2v) is 6.84. The average molecular weight is 366 g/mol. The minimum atomic E-state index is -0.298. The first kappa shape index (κ1) is 17.4. The zero-order valence-corrected chi connectivity index (χ0v) is 15.2. The van der Waals surface area contributed by atoms with Crippen molar-refractivity contribution in [2.45, 2.75) is 19.8 Å². The molecule has 0 spiro atoms. The molecule has 6 nitrogen and oxygen atoms in total. The van der Waals surface area contributed by atoms with E-state index in [1.807, 2.05) is 24.3 Å².